The molecule has 0 radical (unpaired) electrons. The minimum atomic E-state index is -1.23. The highest BCUT2D eigenvalue weighted by atomic mass is 16.5. The first-order valence-corrected chi connectivity index (χ1v) is 10.4. The van der Waals surface area contributed by atoms with Crippen molar-refractivity contribution < 1.29 is 24.2 Å². The number of nitrogens with two attached hydrogens (primary N) is 1. The van der Waals surface area contributed by atoms with Crippen LogP contribution in [0.2, 0.25) is 0 Å². The number of carbonyl (C=O) groups is 3. The molecule has 1 atom stereocenters. The maximum atomic E-state index is 13.1. The van der Waals surface area contributed by atoms with E-state index in [0.29, 0.717) is 16.9 Å². The van der Waals surface area contributed by atoms with E-state index in [1.165, 1.54) is 0 Å². The molecule has 0 spiro atoms. The van der Waals surface area contributed by atoms with E-state index in [1.54, 1.807) is 36.7 Å². The molecule has 0 saturated heterocycles. The largest absolute Gasteiger partial charge is 0.487 e. The number of rotatable bonds is 10. The highest BCUT2D eigenvalue weighted by Crippen LogP contribution is 2.29. The fourth-order valence-corrected chi connectivity index (χ4v) is 3.36. The van der Waals surface area contributed by atoms with Crippen LogP contribution in [0, 0.1) is 6.92 Å². The average Bonchev–Trinajstić information content (AvgIpc) is 2.80. The number of hydrogen-bond acceptors (Lipinski definition) is 5. The minimum Gasteiger partial charge on any atom is -0.487 e. The second-order valence-electron chi connectivity index (χ2n) is 7.54. The van der Waals surface area contributed by atoms with Crippen molar-refractivity contribution in [3.63, 3.8) is 0 Å². The van der Waals surface area contributed by atoms with Gasteiger partial charge in [0.1, 0.15) is 18.4 Å². The maximum Gasteiger partial charge on any atom is 0.326 e. The van der Waals surface area contributed by atoms with Crippen molar-refractivity contribution in [2.24, 2.45) is 5.73 Å². The summed E-state index contributed by atoms with van der Waals surface area (Å²) in [6, 6.07) is 15.2. The molecule has 170 valence electrons. The van der Waals surface area contributed by atoms with Gasteiger partial charge in [0.05, 0.1) is 6.20 Å². The lowest BCUT2D eigenvalue weighted by atomic mass is 9.93. The number of aliphatic carboxylic acids is 1. The average molecular weight is 447 g/mol. The molecule has 0 bridgehead atoms. The Labute approximate surface area is 191 Å². The van der Waals surface area contributed by atoms with Crippen molar-refractivity contribution in [2.45, 2.75) is 32.4 Å². The van der Waals surface area contributed by atoms with Gasteiger partial charge in [-0.25, -0.2) is 4.79 Å². The number of hydrogen-bond donors (Lipinski definition) is 3. The zero-order chi connectivity index (χ0) is 23.8. The second-order valence-corrected chi connectivity index (χ2v) is 7.54. The predicted molar refractivity (Wildman–Crippen MR) is 123 cm³/mol. The van der Waals surface area contributed by atoms with Gasteiger partial charge in [0.2, 0.25) is 5.91 Å². The first-order valence-electron chi connectivity index (χ1n) is 10.4. The van der Waals surface area contributed by atoms with Crippen LogP contribution in [0.5, 0.6) is 5.75 Å². The lowest BCUT2D eigenvalue weighted by Gasteiger charge is -2.17. The number of carbonyl (C=O) groups excluding carboxylic acids is 2. The molecular weight excluding hydrogens is 422 g/mol. The number of aryl methyl sites for hydroxylation is 1. The first-order chi connectivity index (χ1) is 15.8. The molecule has 4 N–H and O–H groups in total. The Kier molecular flexibility index (Phi) is 7.75. The second kappa shape index (κ2) is 10.9. The summed E-state index contributed by atoms with van der Waals surface area (Å²) < 4.78 is 5.78. The molecule has 3 rings (SSSR count). The Morgan fingerprint density at radius 2 is 1.88 bits per heavy atom. The normalized spacial score (nSPS) is 11.4. The Balaban J connectivity index is 1.91. The summed E-state index contributed by atoms with van der Waals surface area (Å²) in [5.41, 5.74) is 8.73. The molecule has 8 nitrogen and oxygen atoms in total. The molecule has 1 aromatic heterocycles. The van der Waals surface area contributed by atoms with Gasteiger partial charge in [-0.05, 0) is 59.9 Å². The third-order valence-corrected chi connectivity index (χ3v) is 5.09. The number of ether oxygens (including phenoxy) is 1. The molecule has 2 aromatic carbocycles. The number of primary amides is 1. The summed E-state index contributed by atoms with van der Waals surface area (Å²) in [6.07, 6.45) is 3.03. The summed E-state index contributed by atoms with van der Waals surface area (Å²) in [4.78, 5) is 39.7. The summed E-state index contributed by atoms with van der Waals surface area (Å²) in [5, 5.41) is 12.0. The molecule has 0 unspecified atom stereocenters. The van der Waals surface area contributed by atoms with Crippen LogP contribution < -0.4 is 15.8 Å². The van der Waals surface area contributed by atoms with Crippen LogP contribution in [0.4, 0.5) is 0 Å². The minimum absolute atomic E-state index is 0.0901. The molecule has 3 aromatic rings. The predicted octanol–water partition coefficient (Wildman–Crippen LogP) is 3.08. The van der Waals surface area contributed by atoms with Crippen molar-refractivity contribution in [1.29, 1.82) is 0 Å². The van der Waals surface area contributed by atoms with Crippen LogP contribution >= 0.6 is 0 Å². The molecule has 33 heavy (non-hydrogen) atoms. The van der Waals surface area contributed by atoms with Crippen molar-refractivity contribution in [3.8, 4) is 16.9 Å². The number of aromatic nitrogens is 1. The third-order valence-electron chi connectivity index (χ3n) is 5.09. The van der Waals surface area contributed by atoms with Crippen LogP contribution in [-0.2, 0) is 16.2 Å². The number of carboxylic acid groups (broad SMARTS) is 1. The van der Waals surface area contributed by atoms with E-state index >= 15 is 0 Å². The van der Waals surface area contributed by atoms with Gasteiger partial charge < -0.3 is 20.9 Å². The molecule has 0 saturated carbocycles. The Morgan fingerprint density at radius 1 is 1.09 bits per heavy atom. The Hall–Kier alpha value is -4.20. The molecule has 0 aliphatic rings. The highest BCUT2D eigenvalue weighted by molar-refractivity contribution is 6.02. The van der Waals surface area contributed by atoms with E-state index < -0.39 is 23.8 Å². The first kappa shape index (κ1) is 23.5. The smallest absolute Gasteiger partial charge is 0.326 e. The summed E-state index contributed by atoms with van der Waals surface area (Å²) in [6.45, 7) is 2.20. The van der Waals surface area contributed by atoms with Crippen LogP contribution in [0.1, 0.15) is 34.3 Å². The summed E-state index contributed by atoms with van der Waals surface area (Å²) in [7, 11) is 0. The molecule has 2 amide bonds. The van der Waals surface area contributed by atoms with Crippen molar-refractivity contribution in [1.82, 2.24) is 10.3 Å². The lowest BCUT2D eigenvalue weighted by molar-refractivity contribution is -0.139. The standard InChI is InChI=1S/C25H25N3O5/c1-16-5-2-3-7-19(16)21-13-17(15-33-18-6-4-12-27-14-18)8-9-20(21)24(30)28-22(25(31)32)10-11-23(26)29/h2-9,12-14,22H,10-11,15H2,1H3,(H2,26,29)(H,28,30)(H,31,32)/t22-/m0/s1. The quantitative estimate of drug-likeness (QED) is 0.438. The van der Waals surface area contributed by atoms with E-state index in [-0.39, 0.29) is 19.4 Å². The van der Waals surface area contributed by atoms with Gasteiger partial charge in [0.15, 0.2) is 0 Å². The molecular formula is C25H25N3O5. The van der Waals surface area contributed by atoms with Gasteiger partial charge in [-0.2, -0.15) is 0 Å². The van der Waals surface area contributed by atoms with Crippen LogP contribution in [-0.4, -0.2) is 33.9 Å². The summed E-state index contributed by atoms with van der Waals surface area (Å²) >= 11 is 0. The number of nitrogens with zero attached hydrogens (tertiary/aromatic N) is 1. The van der Waals surface area contributed by atoms with Gasteiger partial charge in [-0.3, -0.25) is 14.6 Å². The fourth-order valence-electron chi connectivity index (χ4n) is 3.36. The van der Waals surface area contributed by atoms with E-state index in [4.69, 9.17) is 10.5 Å². The van der Waals surface area contributed by atoms with E-state index in [2.05, 4.69) is 10.3 Å². The molecule has 1 heterocycles. The van der Waals surface area contributed by atoms with Gasteiger partial charge in [-0.1, -0.05) is 30.3 Å². The van der Waals surface area contributed by atoms with Gasteiger partial charge in [-0.15, -0.1) is 0 Å². The van der Waals surface area contributed by atoms with Crippen LogP contribution in [0.15, 0.2) is 67.0 Å². The van der Waals surface area contributed by atoms with Crippen molar-refractivity contribution >= 4 is 17.8 Å². The lowest BCUT2D eigenvalue weighted by Crippen LogP contribution is -2.41. The van der Waals surface area contributed by atoms with Gasteiger partial charge >= 0.3 is 5.97 Å². The molecule has 0 aliphatic carbocycles. The van der Waals surface area contributed by atoms with Crippen molar-refractivity contribution in [2.75, 3.05) is 0 Å². The Morgan fingerprint density at radius 3 is 2.55 bits per heavy atom. The number of nitrogens with one attached hydrogen (secondary N) is 1. The van der Waals surface area contributed by atoms with E-state index in [0.717, 1.165) is 16.7 Å². The molecule has 0 fully saturated rings. The number of carboxylic acids is 1. The maximum absolute atomic E-state index is 13.1. The monoisotopic (exact) mass is 447 g/mol. The third kappa shape index (κ3) is 6.39. The van der Waals surface area contributed by atoms with Crippen molar-refractivity contribution in [3.05, 3.63) is 83.7 Å². The van der Waals surface area contributed by atoms with Gasteiger partial charge in [0.25, 0.3) is 5.91 Å². The zero-order valence-electron chi connectivity index (χ0n) is 18.2. The Bertz CT molecular complexity index is 1150. The van der Waals surface area contributed by atoms with Crippen LogP contribution in [0.3, 0.4) is 0 Å². The molecule has 0 aliphatic heterocycles. The zero-order valence-corrected chi connectivity index (χ0v) is 18.2. The van der Waals surface area contributed by atoms with Crippen LogP contribution in [0.25, 0.3) is 11.1 Å². The number of pyridine rings is 1. The van der Waals surface area contributed by atoms with E-state index in [9.17, 15) is 19.5 Å². The summed E-state index contributed by atoms with van der Waals surface area (Å²) in [5.74, 6) is -1.79. The number of amides is 2. The van der Waals surface area contributed by atoms with E-state index in [1.807, 2.05) is 37.3 Å². The van der Waals surface area contributed by atoms with Gasteiger partial charge in [0, 0.05) is 18.2 Å². The SMILES string of the molecule is Cc1ccccc1-c1cc(COc2cccnc2)ccc1C(=O)N[C@@H](CCC(N)=O)C(=O)O. The topological polar surface area (TPSA) is 132 Å². The highest BCUT2D eigenvalue weighted by Gasteiger charge is 2.23. The molecule has 8 heteroatoms. The number of benzene rings is 2. The fraction of sp³-hybridized carbons (Fsp3) is 0.200.